The molecule has 1 aromatic carbocycles. The van der Waals surface area contributed by atoms with Gasteiger partial charge in [0.25, 0.3) is 5.91 Å². The summed E-state index contributed by atoms with van der Waals surface area (Å²) in [5.41, 5.74) is 0.244. The van der Waals surface area contributed by atoms with Crippen molar-refractivity contribution in [3.05, 3.63) is 34.6 Å². The Labute approximate surface area is 122 Å². The highest BCUT2D eigenvalue weighted by molar-refractivity contribution is 6.30. The molecule has 1 heterocycles. The number of benzene rings is 1. The van der Waals surface area contributed by atoms with Crippen LogP contribution in [0, 0.1) is 5.82 Å². The molecule has 4 nitrogen and oxygen atoms in total. The van der Waals surface area contributed by atoms with E-state index in [1.54, 1.807) is 0 Å². The molecular formula is C14H17ClFNO3. The Balaban J connectivity index is 2.03. The molecule has 1 saturated heterocycles. The quantitative estimate of drug-likeness (QED) is 0.929. The smallest absolute Gasteiger partial charge is 0.251 e. The van der Waals surface area contributed by atoms with E-state index in [4.69, 9.17) is 21.1 Å². The highest BCUT2D eigenvalue weighted by Crippen LogP contribution is 2.17. The van der Waals surface area contributed by atoms with E-state index >= 15 is 0 Å². The van der Waals surface area contributed by atoms with E-state index in [1.165, 1.54) is 12.1 Å². The third-order valence-corrected chi connectivity index (χ3v) is 3.49. The lowest BCUT2D eigenvalue weighted by molar-refractivity contribution is -0.0632. The monoisotopic (exact) mass is 301 g/mol. The van der Waals surface area contributed by atoms with E-state index in [1.807, 2.05) is 6.92 Å². The van der Waals surface area contributed by atoms with Gasteiger partial charge in [-0.2, -0.15) is 0 Å². The van der Waals surface area contributed by atoms with Gasteiger partial charge in [0, 0.05) is 18.8 Å². The average Bonchev–Trinajstić information content (AvgIpc) is 2.44. The zero-order valence-electron chi connectivity index (χ0n) is 11.2. The molecule has 1 amide bonds. The van der Waals surface area contributed by atoms with E-state index < -0.39 is 5.82 Å². The molecule has 20 heavy (non-hydrogen) atoms. The van der Waals surface area contributed by atoms with E-state index in [0.717, 1.165) is 6.07 Å². The predicted octanol–water partition coefficient (Wildman–Crippen LogP) is 2.40. The Hall–Kier alpha value is -1.17. The van der Waals surface area contributed by atoms with Gasteiger partial charge in [-0.05, 0) is 31.5 Å². The summed E-state index contributed by atoms with van der Waals surface area (Å²) in [6, 6.07) is 3.87. The third kappa shape index (κ3) is 3.69. The second-order valence-corrected chi connectivity index (χ2v) is 4.97. The van der Waals surface area contributed by atoms with E-state index in [-0.39, 0.29) is 28.6 Å². The van der Waals surface area contributed by atoms with Crippen LogP contribution in [0.2, 0.25) is 5.02 Å². The van der Waals surface area contributed by atoms with Crippen LogP contribution in [0.3, 0.4) is 0 Å². The van der Waals surface area contributed by atoms with Gasteiger partial charge in [0.15, 0.2) is 0 Å². The number of amides is 1. The maximum atomic E-state index is 13.4. The van der Waals surface area contributed by atoms with E-state index in [2.05, 4.69) is 5.32 Å². The molecular weight excluding hydrogens is 285 g/mol. The van der Waals surface area contributed by atoms with E-state index in [0.29, 0.717) is 26.2 Å². The molecule has 0 aromatic heterocycles. The molecule has 6 heteroatoms. The Kier molecular flexibility index (Phi) is 5.34. The summed E-state index contributed by atoms with van der Waals surface area (Å²) in [5.74, 6) is -0.940. The minimum Gasteiger partial charge on any atom is -0.379 e. The van der Waals surface area contributed by atoms with Crippen molar-refractivity contribution >= 4 is 17.5 Å². The summed E-state index contributed by atoms with van der Waals surface area (Å²) >= 11 is 5.60. The Morgan fingerprint density at radius 1 is 1.60 bits per heavy atom. The number of nitrogens with one attached hydrogen (secondary N) is 1. The summed E-state index contributed by atoms with van der Waals surface area (Å²) in [4.78, 5) is 12.1. The fraction of sp³-hybridized carbons (Fsp3) is 0.500. The van der Waals surface area contributed by atoms with Gasteiger partial charge in [0.2, 0.25) is 0 Å². The van der Waals surface area contributed by atoms with Crippen molar-refractivity contribution in [2.75, 3.05) is 19.8 Å². The molecule has 0 radical (unpaired) electrons. The van der Waals surface area contributed by atoms with Crippen LogP contribution in [0.4, 0.5) is 4.39 Å². The van der Waals surface area contributed by atoms with Crippen LogP contribution in [-0.2, 0) is 9.47 Å². The van der Waals surface area contributed by atoms with Gasteiger partial charge in [-0.25, -0.2) is 4.39 Å². The first kappa shape index (κ1) is 15.2. The fourth-order valence-electron chi connectivity index (χ4n) is 2.14. The molecule has 0 aliphatic carbocycles. The van der Waals surface area contributed by atoms with Gasteiger partial charge >= 0.3 is 0 Å². The Morgan fingerprint density at radius 2 is 2.40 bits per heavy atom. The molecule has 1 N–H and O–H groups in total. The highest BCUT2D eigenvalue weighted by atomic mass is 35.5. The van der Waals surface area contributed by atoms with Gasteiger partial charge in [-0.15, -0.1) is 0 Å². The van der Waals surface area contributed by atoms with Gasteiger partial charge < -0.3 is 14.8 Å². The predicted molar refractivity (Wildman–Crippen MR) is 73.5 cm³/mol. The third-order valence-electron chi connectivity index (χ3n) is 3.18. The molecule has 2 rings (SSSR count). The van der Waals surface area contributed by atoms with Crippen molar-refractivity contribution in [1.82, 2.24) is 5.32 Å². The number of carbonyl (C=O) groups excluding carboxylic acids is 1. The summed E-state index contributed by atoms with van der Waals surface area (Å²) in [6.45, 7) is 3.47. The maximum absolute atomic E-state index is 13.4. The van der Waals surface area contributed by atoms with Crippen LogP contribution in [0.1, 0.15) is 23.7 Å². The molecule has 0 saturated carbocycles. The maximum Gasteiger partial charge on any atom is 0.251 e. The lowest BCUT2D eigenvalue weighted by Crippen LogP contribution is -2.50. The normalized spacial score (nSPS) is 22.6. The zero-order chi connectivity index (χ0) is 14.5. The van der Waals surface area contributed by atoms with Gasteiger partial charge in [0.1, 0.15) is 11.9 Å². The van der Waals surface area contributed by atoms with Gasteiger partial charge in [-0.1, -0.05) is 11.6 Å². The standard InChI is InChI=1S/C14H17ClFNO3/c1-2-20-13-8-19-6-5-12(13)17-14(18)9-3-4-10(15)11(16)7-9/h3-4,7,12-13H,2,5-6,8H2,1H3,(H,17,18)/t12-,13-/m1/s1. The van der Waals surface area contributed by atoms with Crippen LogP contribution in [0.15, 0.2) is 18.2 Å². The molecule has 0 unspecified atom stereocenters. The van der Waals surface area contributed by atoms with Crippen LogP contribution in [0.25, 0.3) is 0 Å². The molecule has 1 aliphatic heterocycles. The molecule has 0 spiro atoms. The summed E-state index contributed by atoms with van der Waals surface area (Å²) in [6.07, 6.45) is 0.502. The summed E-state index contributed by atoms with van der Waals surface area (Å²) in [5, 5.41) is 2.86. The van der Waals surface area contributed by atoms with Crippen LogP contribution in [-0.4, -0.2) is 37.9 Å². The first-order valence-electron chi connectivity index (χ1n) is 6.57. The van der Waals surface area contributed by atoms with E-state index in [9.17, 15) is 9.18 Å². The number of carbonyl (C=O) groups is 1. The molecule has 0 bridgehead atoms. The van der Waals surface area contributed by atoms with Crippen molar-refractivity contribution in [3.8, 4) is 0 Å². The zero-order valence-corrected chi connectivity index (χ0v) is 12.0. The fourth-order valence-corrected chi connectivity index (χ4v) is 2.26. The molecule has 110 valence electrons. The molecule has 2 atom stereocenters. The summed E-state index contributed by atoms with van der Waals surface area (Å²) in [7, 11) is 0. The van der Waals surface area contributed by atoms with Crippen molar-refractivity contribution in [2.24, 2.45) is 0 Å². The number of ether oxygens (including phenoxy) is 2. The number of halogens is 2. The Morgan fingerprint density at radius 3 is 3.10 bits per heavy atom. The van der Waals surface area contributed by atoms with Crippen molar-refractivity contribution < 1.29 is 18.7 Å². The lowest BCUT2D eigenvalue weighted by Gasteiger charge is -2.31. The molecule has 1 aliphatic rings. The Bertz CT molecular complexity index is 481. The van der Waals surface area contributed by atoms with Gasteiger partial charge in [-0.3, -0.25) is 4.79 Å². The van der Waals surface area contributed by atoms with Gasteiger partial charge in [0.05, 0.1) is 17.7 Å². The van der Waals surface area contributed by atoms with Crippen LogP contribution < -0.4 is 5.32 Å². The number of rotatable bonds is 4. The summed E-state index contributed by atoms with van der Waals surface area (Å²) < 4.78 is 24.2. The second-order valence-electron chi connectivity index (χ2n) is 4.57. The molecule has 1 fully saturated rings. The first-order valence-corrected chi connectivity index (χ1v) is 6.95. The highest BCUT2D eigenvalue weighted by Gasteiger charge is 2.28. The number of hydrogen-bond acceptors (Lipinski definition) is 3. The average molecular weight is 302 g/mol. The second kappa shape index (κ2) is 7.02. The number of hydrogen-bond donors (Lipinski definition) is 1. The topological polar surface area (TPSA) is 47.6 Å². The molecule has 1 aromatic rings. The SMILES string of the molecule is CCO[C@@H]1COCC[C@H]1NC(=O)c1ccc(Cl)c(F)c1. The van der Waals surface area contributed by atoms with Crippen molar-refractivity contribution in [3.63, 3.8) is 0 Å². The largest absolute Gasteiger partial charge is 0.379 e. The lowest BCUT2D eigenvalue weighted by atomic mass is 10.1. The van der Waals surface area contributed by atoms with Crippen molar-refractivity contribution in [1.29, 1.82) is 0 Å². The van der Waals surface area contributed by atoms with Crippen molar-refractivity contribution in [2.45, 2.75) is 25.5 Å². The van der Waals surface area contributed by atoms with Crippen LogP contribution >= 0.6 is 11.6 Å². The minimum atomic E-state index is -0.604. The minimum absolute atomic E-state index is 0.000177. The first-order chi connectivity index (χ1) is 9.61. The van der Waals surface area contributed by atoms with Crippen LogP contribution in [0.5, 0.6) is 0 Å².